The monoisotopic (exact) mass is 471 g/mol. The third-order valence-corrected chi connectivity index (χ3v) is 6.72. The summed E-state index contributed by atoms with van der Waals surface area (Å²) in [5.74, 6) is 1.78. The topological polar surface area (TPSA) is 120 Å². The molecule has 2 N–H and O–H groups in total. The van der Waals surface area contributed by atoms with Crippen molar-refractivity contribution in [2.45, 2.75) is 31.3 Å². The van der Waals surface area contributed by atoms with Gasteiger partial charge in [-0.3, -0.25) is 4.57 Å². The minimum absolute atomic E-state index is 0.0466. The lowest BCUT2D eigenvalue weighted by atomic mass is 10.2. The van der Waals surface area contributed by atoms with Crippen LogP contribution in [0, 0.1) is 0 Å². The van der Waals surface area contributed by atoms with Gasteiger partial charge in [-0.2, -0.15) is 0 Å². The molecule has 4 aromatic rings. The van der Waals surface area contributed by atoms with E-state index in [9.17, 15) is 8.42 Å². The molecule has 1 atom stereocenters. The molecular formula is C22H25N5O5S. The molecule has 33 heavy (non-hydrogen) atoms. The number of benzene rings is 2. The molecule has 0 spiro atoms. The molecule has 0 aliphatic rings. The lowest BCUT2D eigenvalue weighted by Gasteiger charge is -2.16. The number of nitrogens with zero attached hydrogens (tertiary/aromatic N) is 3. The van der Waals surface area contributed by atoms with Crippen molar-refractivity contribution in [3.05, 3.63) is 54.5 Å². The first-order chi connectivity index (χ1) is 15.9. The maximum absolute atomic E-state index is 13.0. The van der Waals surface area contributed by atoms with Crippen LogP contribution in [0.15, 0.2) is 53.6 Å². The average molecular weight is 472 g/mol. The molecule has 2 aromatic heterocycles. The highest BCUT2D eigenvalue weighted by molar-refractivity contribution is 7.89. The molecule has 174 valence electrons. The van der Waals surface area contributed by atoms with Crippen LogP contribution in [-0.4, -0.2) is 42.4 Å². The fourth-order valence-corrected chi connectivity index (χ4v) is 4.74. The third-order valence-electron chi connectivity index (χ3n) is 5.18. The van der Waals surface area contributed by atoms with Crippen LogP contribution >= 0.6 is 0 Å². The highest BCUT2D eigenvalue weighted by atomic mass is 32.2. The Labute approximate surface area is 191 Å². The van der Waals surface area contributed by atoms with Crippen LogP contribution in [-0.2, 0) is 16.6 Å². The van der Waals surface area contributed by atoms with Crippen LogP contribution in [0.1, 0.15) is 25.7 Å². The molecule has 0 amide bonds. The maximum Gasteiger partial charge on any atom is 0.322 e. The zero-order valence-corrected chi connectivity index (χ0v) is 19.5. The second kappa shape index (κ2) is 9.12. The minimum atomic E-state index is -3.87. The summed E-state index contributed by atoms with van der Waals surface area (Å²) < 4.78 is 46.7. The van der Waals surface area contributed by atoms with E-state index in [1.165, 1.54) is 26.4 Å². The summed E-state index contributed by atoms with van der Waals surface area (Å²) in [5, 5.41) is 9.38. The molecule has 2 aromatic carbocycles. The van der Waals surface area contributed by atoms with Crippen LogP contribution in [0.4, 0.5) is 0 Å². The Morgan fingerprint density at radius 3 is 2.58 bits per heavy atom. The number of aromatic nitrogens is 4. The van der Waals surface area contributed by atoms with Crippen molar-refractivity contribution in [1.82, 2.24) is 24.5 Å². The molecule has 0 bridgehead atoms. The van der Waals surface area contributed by atoms with Gasteiger partial charge in [-0.15, -0.1) is 5.10 Å². The van der Waals surface area contributed by atoms with E-state index in [2.05, 4.69) is 19.9 Å². The summed E-state index contributed by atoms with van der Waals surface area (Å²) in [6, 6.07) is 11.6. The van der Waals surface area contributed by atoms with Gasteiger partial charge in [0.15, 0.2) is 17.3 Å². The lowest BCUT2D eigenvalue weighted by Crippen LogP contribution is -2.29. The summed E-state index contributed by atoms with van der Waals surface area (Å²) >= 11 is 0. The van der Waals surface area contributed by atoms with Crippen LogP contribution < -0.4 is 18.9 Å². The number of methoxy groups -OCH3 is 2. The van der Waals surface area contributed by atoms with E-state index in [4.69, 9.17) is 14.2 Å². The van der Waals surface area contributed by atoms with Crippen molar-refractivity contribution < 1.29 is 22.6 Å². The van der Waals surface area contributed by atoms with Crippen molar-refractivity contribution >= 4 is 20.9 Å². The van der Waals surface area contributed by atoms with E-state index >= 15 is 0 Å². The van der Waals surface area contributed by atoms with Crippen LogP contribution in [0.3, 0.4) is 0 Å². The van der Waals surface area contributed by atoms with Gasteiger partial charge in [0.25, 0.3) is 0 Å². The first-order valence-electron chi connectivity index (χ1n) is 10.3. The van der Waals surface area contributed by atoms with Crippen molar-refractivity contribution in [1.29, 1.82) is 0 Å². The number of ether oxygens (including phenoxy) is 3. The summed E-state index contributed by atoms with van der Waals surface area (Å²) in [5.41, 5.74) is 0.936. The van der Waals surface area contributed by atoms with E-state index in [1.54, 1.807) is 17.6 Å². The van der Waals surface area contributed by atoms with E-state index in [-0.39, 0.29) is 10.9 Å². The van der Waals surface area contributed by atoms with Gasteiger partial charge in [-0.05, 0) is 49.6 Å². The van der Waals surface area contributed by atoms with Crippen LogP contribution in [0.5, 0.6) is 23.3 Å². The molecule has 0 fully saturated rings. The molecule has 0 saturated carbocycles. The van der Waals surface area contributed by atoms with Gasteiger partial charge in [-0.25, -0.2) is 13.1 Å². The summed E-state index contributed by atoms with van der Waals surface area (Å²) in [6.07, 6.45) is 1.85. The fourth-order valence-electron chi connectivity index (χ4n) is 3.53. The average Bonchev–Trinajstić information content (AvgIpc) is 3.44. The first kappa shape index (κ1) is 22.6. The van der Waals surface area contributed by atoms with Crippen LogP contribution in [0.2, 0.25) is 0 Å². The van der Waals surface area contributed by atoms with Gasteiger partial charge in [-0.1, -0.05) is 5.10 Å². The van der Waals surface area contributed by atoms with Gasteiger partial charge in [0.1, 0.15) is 5.75 Å². The van der Waals surface area contributed by atoms with E-state index < -0.39 is 16.1 Å². The van der Waals surface area contributed by atoms with Gasteiger partial charge in [0, 0.05) is 30.4 Å². The number of fused-ring (bicyclic) bond motifs is 1. The molecule has 0 aliphatic carbocycles. The molecule has 2 heterocycles. The molecule has 0 radical (unpaired) electrons. The van der Waals surface area contributed by atoms with Crippen molar-refractivity contribution in [3.63, 3.8) is 0 Å². The quantitative estimate of drug-likeness (QED) is 0.382. The SMILES string of the molecule is CCn1c(Oc2ccc3cc[nH]c3c2)nnc1[C@@H](C)NS(=O)(=O)c1ccc(OC)c(OC)c1. The zero-order chi connectivity index (χ0) is 23.6. The molecule has 0 saturated heterocycles. The van der Waals surface area contributed by atoms with Gasteiger partial charge >= 0.3 is 6.01 Å². The molecular weight excluding hydrogens is 446 g/mol. The number of hydrogen-bond acceptors (Lipinski definition) is 7. The largest absolute Gasteiger partial charge is 0.493 e. The normalized spacial score (nSPS) is 12.6. The van der Waals surface area contributed by atoms with Crippen molar-refractivity contribution in [2.75, 3.05) is 14.2 Å². The second-order valence-corrected chi connectivity index (χ2v) is 8.99. The fraction of sp³-hybridized carbons (Fsp3) is 0.273. The summed E-state index contributed by atoms with van der Waals surface area (Å²) in [6.45, 7) is 4.09. The van der Waals surface area contributed by atoms with Gasteiger partial charge < -0.3 is 19.2 Å². The number of rotatable bonds is 9. The molecule has 4 rings (SSSR count). The Morgan fingerprint density at radius 1 is 1.06 bits per heavy atom. The van der Waals surface area contributed by atoms with Crippen molar-refractivity contribution in [3.8, 4) is 23.3 Å². The Hall–Kier alpha value is -3.57. The maximum atomic E-state index is 13.0. The summed E-state index contributed by atoms with van der Waals surface area (Å²) in [4.78, 5) is 3.18. The second-order valence-electron chi connectivity index (χ2n) is 7.27. The van der Waals surface area contributed by atoms with Crippen molar-refractivity contribution in [2.24, 2.45) is 0 Å². The standard InChI is InChI=1S/C22H25N5O5S/c1-5-27-21(24-25-22(27)32-16-7-6-15-10-11-23-18(15)12-16)14(2)26-33(28,29)17-8-9-19(30-3)20(13-17)31-4/h6-14,23,26H,5H2,1-4H3/t14-/m1/s1. The Bertz CT molecular complexity index is 1380. The molecule has 10 nitrogen and oxygen atoms in total. The lowest BCUT2D eigenvalue weighted by molar-refractivity contribution is 0.354. The smallest absolute Gasteiger partial charge is 0.322 e. The highest BCUT2D eigenvalue weighted by Gasteiger charge is 2.25. The molecule has 0 unspecified atom stereocenters. The first-order valence-corrected chi connectivity index (χ1v) is 11.8. The number of hydrogen-bond donors (Lipinski definition) is 2. The highest BCUT2D eigenvalue weighted by Crippen LogP contribution is 2.30. The minimum Gasteiger partial charge on any atom is -0.493 e. The Morgan fingerprint density at radius 2 is 1.85 bits per heavy atom. The Balaban J connectivity index is 1.57. The zero-order valence-electron chi connectivity index (χ0n) is 18.7. The number of sulfonamides is 1. The van der Waals surface area contributed by atoms with Gasteiger partial charge in [0.05, 0.1) is 25.2 Å². The Kier molecular flexibility index (Phi) is 6.25. The predicted octanol–water partition coefficient (Wildman–Crippen LogP) is 3.63. The number of aromatic amines is 1. The number of nitrogens with one attached hydrogen (secondary N) is 2. The third kappa shape index (κ3) is 4.50. The summed E-state index contributed by atoms with van der Waals surface area (Å²) in [7, 11) is -0.936. The van der Waals surface area contributed by atoms with Crippen LogP contribution in [0.25, 0.3) is 10.9 Å². The van der Waals surface area contributed by atoms with Gasteiger partial charge in [0.2, 0.25) is 10.0 Å². The van der Waals surface area contributed by atoms with E-state index in [0.29, 0.717) is 29.6 Å². The number of H-pyrrole nitrogens is 1. The molecule has 0 aliphatic heterocycles. The predicted molar refractivity (Wildman–Crippen MR) is 122 cm³/mol. The van der Waals surface area contributed by atoms with E-state index in [0.717, 1.165) is 10.9 Å². The van der Waals surface area contributed by atoms with E-state index in [1.807, 2.05) is 37.4 Å². The molecule has 11 heteroatoms.